The molecule has 4 heteroatoms. The van der Waals surface area contributed by atoms with Crippen LogP contribution in [0, 0.1) is 88.8 Å². The number of aryl methyl sites for hydroxylation is 4. The molecule has 65 heavy (non-hydrogen) atoms. The molecule has 2 aromatic rings. The van der Waals surface area contributed by atoms with Crippen LogP contribution in [-0.4, -0.2) is 43.8 Å². The van der Waals surface area contributed by atoms with E-state index in [4.69, 9.17) is 5.48 Å². The van der Waals surface area contributed by atoms with Gasteiger partial charge in [-0.1, -0.05) is 106 Å². The Morgan fingerprint density at radius 2 is 1.20 bits per heavy atom. The number of fused-ring (bicyclic) bond motifs is 10. The van der Waals surface area contributed by atoms with Crippen molar-refractivity contribution < 1.29 is 25.9 Å². The molecule has 0 spiro atoms. The molecule has 8 aliphatic carbocycles. The number of benzene rings is 2. The third-order valence-electron chi connectivity index (χ3n) is 22.1. The van der Waals surface area contributed by atoms with Gasteiger partial charge in [0.05, 0.1) is 23.4 Å². The predicted molar refractivity (Wildman–Crippen MR) is 267 cm³/mol. The number of allylic oxidation sites excluding steroid dienone is 1. The largest absolute Gasteiger partial charge is 0.393 e. The van der Waals surface area contributed by atoms with Crippen LogP contribution >= 0.6 is 0 Å². The molecular weight excluding hydrogens is 797 g/mol. The first-order chi connectivity index (χ1) is 32.4. The summed E-state index contributed by atoms with van der Waals surface area (Å²) in [6, 6.07) is 15.8. The molecule has 0 unspecified atom stereocenters. The monoisotopic (exact) mass is 893 g/mol. The van der Waals surface area contributed by atoms with Crippen LogP contribution in [0.4, 0.5) is 0 Å². The van der Waals surface area contributed by atoms with Crippen LogP contribution < -0.4 is 0 Å². The summed E-state index contributed by atoms with van der Waals surface area (Å²) >= 11 is 0. The van der Waals surface area contributed by atoms with Gasteiger partial charge in [-0.15, -0.1) is 0 Å². The molecule has 0 heterocycles. The van der Waals surface area contributed by atoms with E-state index in [1.807, 2.05) is 19.1 Å². The molecule has 360 valence electrons. The van der Waals surface area contributed by atoms with Gasteiger partial charge in [0, 0.05) is 5.48 Å². The van der Waals surface area contributed by atoms with Crippen LogP contribution in [0.15, 0.2) is 60.2 Å². The van der Waals surface area contributed by atoms with Crippen LogP contribution in [0.25, 0.3) is 0 Å². The van der Waals surface area contributed by atoms with Crippen molar-refractivity contribution in [1.82, 2.24) is 0 Å². The van der Waals surface area contributed by atoms with Gasteiger partial charge in [-0.25, -0.2) is 0 Å². The zero-order valence-corrected chi connectivity index (χ0v) is 42.0. The van der Waals surface area contributed by atoms with E-state index in [0.29, 0.717) is 29.1 Å². The first-order valence-corrected chi connectivity index (χ1v) is 27.0. The Balaban J connectivity index is 0.000000172. The summed E-state index contributed by atoms with van der Waals surface area (Å²) in [5.41, 5.74) is 3.67. The van der Waals surface area contributed by atoms with Crippen LogP contribution in [-0.2, 0) is 12.8 Å². The summed E-state index contributed by atoms with van der Waals surface area (Å²) in [7, 11) is 0. The summed E-state index contributed by atoms with van der Waals surface area (Å²) in [6.07, 6.45) is 18.6. The number of hydrogen-bond acceptors (Lipinski definition) is 4. The highest BCUT2D eigenvalue weighted by Crippen LogP contribution is 2.70. The highest BCUT2D eigenvalue weighted by atomic mass is 16.3. The molecule has 4 nitrogen and oxygen atoms in total. The maximum atomic E-state index is 12.1. The first-order valence-electron chi connectivity index (χ1n) is 29.0. The normalized spacial score (nSPS) is 45.0. The molecule has 17 atom stereocenters. The number of rotatable bonds is 9. The summed E-state index contributed by atoms with van der Waals surface area (Å²) in [5, 5.41) is 44.7. The fraction of sp³-hybridized carbons (Fsp3) is 0.770. The van der Waals surface area contributed by atoms with Gasteiger partial charge in [-0.05, 0) is 248 Å². The predicted octanol–water partition coefficient (Wildman–Crippen LogP) is 13.7. The smallest absolute Gasteiger partial charge is 0.0681 e. The van der Waals surface area contributed by atoms with E-state index < -0.39 is 23.9 Å². The lowest BCUT2D eigenvalue weighted by Gasteiger charge is -2.61. The SMILES string of the molecule is CC[C@@](O)(CCc1ccc(C)cc1)[C@H]1CC[C@H]2[C@@H]3CC[C@H]4C[C@@H](O)CC[C@]4(C)[C@H]3CC[C@]12C.[2H]C([2H])(c1ccc(C)cc1)C([2H])([2H])[C@@](C)(O)[C@H]1CC[C@H]2[C@@H]3CC=C4C[C@@H](O)CC[C@]4(C)[C@H]3CC[C@@]21C. The van der Waals surface area contributed by atoms with E-state index in [1.54, 1.807) is 19.1 Å². The van der Waals surface area contributed by atoms with E-state index in [2.05, 4.69) is 71.9 Å². The Labute approximate surface area is 401 Å². The highest BCUT2D eigenvalue weighted by molar-refractivity contribution is 5.27. The highest BCUT2D eigenvalue weighted by Gasteiger charge is 2.64. The zero-order chi connectivity index (χ0) is 49.7. The Morgan fingerprint density at radius 1 is 0.631 bits per heavy atom. The minimum atomic E-state index is -2.46. The van der Waals surface area contributed by atoms with Gasteiger partial charge in [-0.2, -0.15) is 0 Å². The lowest BCUT2D eigenvalue weighted by atomic mass is 9.44. The van der Waals surface area contributed by atoms with Crippen LogP contribution in [0.3, 0.4) is 0 Å². The second-order valence-electron chi connectivity index (χ2n) is 25.3. The van der Waals surface area contributed by atoms with Gasteiger partial charge in [0.15, 0.2) is 0 Å². The van der Waals surface area contributed by atoms with Crippen molar-refractivity contribution >= 4 is 0 Å². The molecule has 0 amide bonds. The number of aliphatic hydroxyl groups excluding tert-OH is 2. The van der Waals surface area contributed by atoms with Gasteiger partial charge in [-0.3, -0.25) is 0 Å². The Hall–Kier alpha value is -1.98. The molecule has 0 aliphatic heterocycles. The van der Waals surface area contributed by atoms with Gasteiger partial charge < -0.3 is 20.4 Å². The molecule has 4 N–H and O–H groups in total. The zero-order valence-electron chi connectivity index (χ0n) is 46.0. The van der Waals surface area contributed by atoms with Crippen LogP contribution in [0.1, 0.15) is 198 Å². The average molecular weight is 893 g/mol. The van der Waals surface area contributed by atoms with Crippen molar-refractivity contribution in [2.45, 2.75) is 220 Å². The van der Waals surface area contributed by atoms with Crippen molar-refractivity contribution in [3.05, 3.63) is 82.4 Å². The molecule has 8 aliphatic rings. The summed E-state index contributed by atoms with van der Waals surface area (Å²) < 4.78 is 35.8. The fourth-order valence-corrected chi connectivity index (χ4v) is 18.3. The van der Waals surface area contributed by atoms with Crippen molar-refractivity contribution in [2.24, 2.45) is 74.9 Å². The third kappa shape index (κ3) is 8.62. The number of aliphatic hydroxyl groups is 4. The van der Waals surface area contributed by atoms with E-state index in [1.165, 1.54) is 61.6 Å². The standard InChI is InChI=1S/C31H48O2.C30H44O2/c1-5-31(33,19-14-22-8-6-21(2)7-9-22)28-13-12-26-25-11-10-23-20-24(32)15-17-29(23,3)27(25)16-18-30(26,28)4;1-20-5-7-21(8-6-20)13-18-30(4,32)27-12-11-25-24-10-9-22-19-23(31)14-16-28(22,2)26(24)15-17-29(25,27)3/h6-9,23-28,32-33H,5,10-20H2,1-4H3;5-9,23-27,31-32H,10-19H2,1-4H3/t23-,24-,25-,26-,27-,28-,29-,30-,31+;23-,24-,25-,26-,27-,28-,29-,30+/m00/s1/i;13D2,18D2. The minimum absolute atomic E-state index is 0.0579. The molecule has 2 aromatic carbocycles. The third-order valence-corrected chi connectivity index (χ3v) is 22.1. The molecule has 0 radical (unpaired) electrons. The molecule has 7 saturated carbocycles. The minimum Gasteiger partial charge on any atom is -0.393 e. The first kappa shape index (κ1) is 43.1. The topological polar surface area (TPSA) is 80.9 Å². The van der Waals surface area contributed by atoms with Gasteiger partial charge >= 0.3 is 0 Å². The lowest BCUT2D eigenvalue weighted by molar-refractivity contribution is -0.148. The summed E-state index contributed by atoms with van der Waals surface area (Å²) in [4.78, 5) is 0. The van der Waals surface area contributed by atoms with Crippen LogP contribution in [0.5, 0.6) is 0 Å². The quantitative estimate of drug-likeness (QED) is 0.189. The van der Waals surface area contributed by atoms with Gasteiger partial charge in [0.1, 0.15) is 0 Å². The number of hydrogen-bond donors (Lipinski definition) is 4. The van der Waals surface area contributed by atoms with Crippen molar-refractivity contribution in [3.8, 4) is 0 Å². The van der Waals surface area contributed by atoms with E-state index in [-0.39, 0.29) is 39.9 Å². The maximum Gasteiger partial charge on any atom is 0.0681 e. The Bertz CT molecular complexity index is 2170. The fourth-order valence-electron chi connectivity index (χ4n) is 18.3. The van der Waals surface area contributed by atoms with Crippen LogP contribution in [0.2, 0.25) is 0 Å². The molecular formula is C61H92O4. The Kier molecular flexibility index (Phi) is 12.0. The Morgan fingerprint density at radius 3 is 1.88 bits per heavy atom. The second-order valence-corrected chi connectivity index (χ2v) is 25.3. The second kappa shape index (κ2) is 18.1. The maximum absolute atomic E-state index is 12.1. The molecule has 0 saturated heterocycles. The average Bonchev–Trinajstić information content (AvgIpc) is 3.87. The van der Waals surface area contributed by atoms with E-state index in [0.717, 1.165) is 113 Å². The summed E-state index contributed by atoms with van der Waals surface area (Å²) in [5.74, 6) is 4.79. The molecule has 10 rings (SSSR count). The van der Waals surface area contributed by atoms with E-state index in [9.17, 15) is 20.4 Å². The van der Waals surface area contributed by atoms with Gasteiger partial charge in [0.25, 0.3) is 0 Å². The summed E-state index contributed by atoms with van der Waals surface area (Å²) in [6.45, 7) is 17.7. The molecule has 0 aromatic heterocycles. The van der Waals surface area contributed by atoms with Gasteiger partial charge in [0.2, 0.25) is 0 Å². The van der Waals surface area contributed by atoms with Crippen molar-refractivity contribution in [1.29, 1.82) is 0 Å². The molecule has 7 fully saturated rings. The lowest BCUT2D eigenvalue weighted by Crippen LogP contribution is -2.55. The van der Waals surface area contributed by atoms with Crippen molar-refractivity contribution in [3.63, 3.8) is 0 Å². The molecule has 0 bridgehead atoms. The van der Waals surface area contributed by atoms with E-state index >= 15 is 0 Å². The van der Waals surface area contributed by atoms with Crippen molar-refractivity contribution in [2.75, 3.05) is 0 Å².